The number of halogens is 2. The van der Waals surface area contributed by atoms with E-state index in [0.29, 0.717) is 27.1 Å². The van der Waals surface area contributed by atoms with E-state index in [0.717, 1.165) is 0 Å². The lowest BCUT2D eigenvalue weighted by Crippen LogP contribution is -1.85. The third-order valence-electron chi connectivity index (χ3n) is 2.17. The summed E-state index contributed by atoms with van der Waals surface area (Å²) in [6, 6.07) is 6.91. The van der Waals surface area contributed by atoms with Gasteiger partial charge in [-0.2, -0.15) is 0 Å². The van der Waals surface area contributed by atoms with Gasteiger partial charge in [-0.15, -0.1) is 0 Å². The maximum absolute atomic E-state index is 9.32. The van der Waals surface area contributed by atoms with Crippen molar-refractivity contribution in [3.63, 3.8) is 0 Å². The highest BCUT2D eigenvalue weighted by Crippen LogP contribution is 2.33. The number of aromatic nitrogens is 1. The normalized spacial score (nSPS) is 12.8. The van der Waals surface area contributed by atoms with Crippen molar-refractivity contribution in [1.82, 2.24) is 5.16 Å². The minimum atomic E-state index is -0.695. The van der Waals surface area contributed by atoms with Crippen LogP contribution < -0.4 is 0 Å². The highest BCUT2D eigenvalue weighted by molar-refractivity contribution is 6.43. The lowest BCUT2D eigenvalue weighted by molar-refractivity contribution is 0.158. The molecule has 0 saturated carbocycles. The highest BCUT2D eigenvalue weighted by atomic mass is 35.5. The molecule has 2 rings (SSSR count). The van der Waals surface area contributed by atoms with Crippen LogP contribution >= 0.6 is 23.2 Å². The smallest absolute Gasteiger partial charge is 0.165 e. The van der Waals surface area contributed by atoms with Crippen LogP contribution in [0.2, 0.25) is 10.0 Å². The SMILES string of the molecule is CC(O)c1cc(-c2cccc(Cl)c2Cl)no1. The highest BCUT2D eigenvalue weighted by Gasteiger charge is 2.13. The number of aliphatic hydroxyl groups excluding tert-OH is 1. The molecule has 0 aliphatic carbocycles. The number of hydrogen-bond acceptors (Lipinski definition) is 3. The van der Waals surface area contributed by atoms with E-state index < -0.39 is 6.10 Å². The summed E-state index contributed by atoms with van der Waals surface area (Å²) in [5.74, 6) is 0.394. The van der Waals surface area contributed by atoms with Gasteiger partial charge in [-0.05, 0) is 13.0 Å². The Kier molecular flexibility index (Phi) is 3.19. The van der Waals surface area contributed by atoms with Gasteiger partial charge in [-0.3, -0.25) is 0 Å². The number of benzene rings is 1. The molecule has 1 N–H and O–H groups in total. The molecule has 1 aromatic heterocycles. The van der Waals surface area contributed by atoms with Crippen molar-refractivity contribution < 1.29 is 9.63 Å². The molecule has 1 aromatic carbocycles. The van der Waals surface area contributed by atoms with Gasteiger partial charge in [-0.1, -0.05) is 40.5 Å². The summed E-state index contributed by atoms with van der Waals surface area (Å²) >= 11 is 11.9. The summed E-state index contributed by atoms with van der Waals surface area (Å²) in [4.78, 5) is 0. The second kappa shape index (κ2) is 4.45. The molecule has 1 atom stereocenters. The second-order valence-corrected chi connectivity index (χ2v) is 4.18. The van der Waals surface area contributed by atoms with Crippen molar-refractivity contribution in [2.75, 3.05) is 0 Å². The molecule has 1 unspecified atom stereocenters. The maximum atomic E-state index is 9.32. The van der Waals surface area contributed by atoms with E-state index in [1.807, 2.05) is 0 Å². The van der Waals surface area contributed by atoms with Crippen molar-refractivity contribution in [2.45, 2.75) is 13.0 Å². The van der Waals surface area contributed by atoms with Crippen LogP contribution in [0, 0.1) is 0 Å². The molecule has 1 heterocycles. The van der Waals surface area contributed by atoms with Crippen LogP contribution in [0.4, 0.5) is 0 Å². The predicted octanol–water partition coefficient (Wildman–Crippen LogP) is 3.70. The van der Waals surface area contributed by atoms with Gasteiger partial charge < -0.3 is 9.63 Å². The van der Waals surface area contributed by atoms with Crippen molar-refractivity contribution in [3.8, 4) is 11.3 Å². The van der Waals surface area contributed by atoms with E-state index >= 15 is 0 Å². The van der Waals surface area contributed by atoms with Crippen LogP contribution in [0.5, 0.6) is 0 Å². The standard InChI is InChI=1S/C11H9Cl2NO2/c1-6(15)10-5-9(14-16-10)7-3-2-4-8(12)11(7)13/h2-6,15H,1H3. The number of aliphatic hydroxyl groups is 1. The van der Waals surface area contributed by atoms with E-state index in [-0.39, 0.29) is 0 Å². The van der Waals surface area contributed by atoms with Gasteiger partial charge >= 0.3 is 0 Å². The predicted molar refractivity (Wildman–Crippen MR) is 62.6 cm³/mol. The fraction of sp³-hybridized carbons (Fsp3) is 0.182. The zero-order chi connectivity index (χ0) is 11.7. The summed E-state index contributed by atoms with van der Waals surface area (Å²) in [5, 5.41) is 14.0. The van der Waals surface area contributed by atoms with Gasteiger partial charge in [0.15, 0.2) is 5.76 Å². The Morgan fingerprint density at radius 2 is 2.12 bits per heavy atom. The van der Waals surface area contributed by atoms with Crippen molar-refractivity contribution in [1.29, 1.82) is 0 Å². The zero-order valence-electron chi connectivity index (χ0n) is 8.45. The van der Waals surface area contributed by atoms with Gasteiger partial charge in [0.2, 0.25) is 0 Å². The molecule has 0 saturated heterocycles. The summed E-state index contributed by atoms with van der Waals surface area (Å²) in [5.41, 5.74) is 1.24. The van der Waals surface area contributed by atoms with Crippen LogP contribution in [0.3, 0.4) is 0 Å². The maximum Gasteiger partial charge on any atom is 0.165 e. The lowest BCUT2D eigenvalue weighted by atomic mass is 10.1. The molecule has 0 radical (unpaired) electrons. The molecule has 0 aliphatic rings. The Hall–Kier alpha value is -1.03. The average molecular weight is 258 g/mol. The third kappa shape index (κ3) is 2.07. The average Bonchev–Trinajstić information content (AvgIpc) is 2.71. The van der Waals surface area contributed by atoms with Crippen LogP contribution in [-0.2, 0) is 0 Å². The summed E-state index contributed by atoms with van der Waals surface area (Å²) in [6.45, 7) is 1.60. The Labute approximate surface area is 103 Å². The quantitative estimate of drug-likeness (QED) is 0.893. The first-order chi connectivity index (χ1) is 7.59. The number of nitrogens with zero attached hydrogens (tertiary/aromatic N) is 1. The molecule has 0 bridgehead atoms. The van der Waals surface area contributed by atoms with Crippen molar-refractivity contribution in [3.05, 3.63) is 40.1 Å². The molecule has 2 aromatic rings. The van der Waals surface area contributed by atoms with E-state index in [9.17, 15) is 5.11 Å². The fourth-order valence-corrected chi connectivity index (χ4v) is 1.71. The molecule has 0 fully saturated rings. The van der Waals surface area contributed by atoms with Crippen LogP contribution in [0.15, 0.2) is 28.8 Å². The molecule has 84 valence electrons. The minimum absolute atomic E-state index is 0.394. The molecular weight excluding hydrogens is 249 g/mol. The van der Waals surface area contributed by atoms with E-state index in [1.54, 1.807) is 31.2 Å². The first-order valence-electron chi connectivity index (χ1n) is 4.68. The van der Waals surface area contributed by atoms with Crippen LogP contribution in [0.25, 0.3) is 11.3 Å². The summed E-state index contributed by atoms with van der Waals surface area (Å²) in [6.07, 6.45) is -0.695. The zero-order valence-corrected chi connectivity index (χ0v) is 9.96. The van der Waals surface area contributed by atoms with Gasteiger partial charge in [0.05, 0.1) is 10.0 Å². The van der Waals surface area contributed by atoms with Gasteiger partial charge in [0.25, 0.3) is 0 Å². The Balaban J connectivity index is 2.47. The third-order valence-corrected chi connectivity index (χ3v) is 2.99. The molecule has 5 heteroatoms. The van der Waals surface area contributed by atoms with Crippen LogP contribution in [-0.4, -0.2) is 10.3 Å². The molecule has 0 aliphatic heterocycles. The first-order valence-corrected chi connectivity index (χ1v) is 5.44. The van der Waals surface area contributed by atoms with Gasteiger partial charge in [0, 0.05) is 11.6 Å². The minimum Gasteiger partial charge on any atom is -0.385 e. The number of hydrogen-bond donors (Lipinski definition) is 1. The topological polar surface area (TPSA) is 46.3 Å². The van der Waals surface area contributed by atoms with Gasteiger partial charge in [-0.25, -0.2) is 0 Å². The van der Waals surface area contributed by atoms with Crippen molar-refractivity contribution >= 4 is 23.2 Å². The van der Waals surface area contributed by atoms with Gasteiger partial charge in [0.1, 0.15) is 11.8 Å². The Bertz CT molecular complexity index is 508. The summed E-state index contributed by atoms with van der Waals surface area (Å²) < 4.78 is 4.97. The van der Waals surface area contributed by atoms with E-state index in [4.69, 9.17) is 27.7 Å². The van der Waals surface area contributed by atoms with Crippen LogP contribution in [0.1, 0.15) is 18.8 Å². The van der Waals surface area contributed by atoms with Crippen molar-refractivity contribution in [2.24, 2.45) is 0 Å². The molecular formula is C11H9Cl2NO2. The fourth-order valence-electron chi connectivity index (χ4n) is 1.31. The first kappa shape index (κ1) is 11.5. The van der Waals surface area contributed by atoms with E-state index in [2.05, 4.69) is 5.16 Å². The molecule has 16 heavy (non-hydrogen) atoms. The Morgan fingerprint density at radius 3 is 2.75 bits per heavy atom. The lowest BCUT2D eigenvalue weighted by Gasteiger charge is -2.00. The summed E-state index contributed by atoms with van der Waals surface area (Å²) in [7, 11) is 0. The van der Waals surface area contributed by atoms with E-state index in [1.165, 1.54) is 0 Å². The molecule has 0 amide bonds. The molecule has 3 nitrogen and oxygen atoms in total. The monoisotopic (exact) mass is 257 g/mol. The largest absolute Gasteiger partial charge is 0.385 e. The molecule has 0 spiro atoms. The Morgan fingerprint density at radius 1 is 1.38 bits per heavy atom. The number of rotatable bonds is 2. The second-order valence-electron chi connectivity index (χ2n) is 3.39.